The molecule has 0 radical (unpaired) electrons. The van der Waals surface area contributed by atoms with Crippen LogP contribution in [-0.4, -0.2) is 17.7 Å². The van der Waals surface area contributed by atoms with Crippen molar-refractivity contribution in [1.82, 2.24) is 5.16 Å². The van der Waals surface area contributed by atoms with E-state index in [-0.39, 0.29) is 5.91 Å². The van der Waals surface area contributed by atoms with Gasteiger partial charge in [0.15, 0.2) is 0 Å². The summed E-state index contributed by atoms with van der Waals surface area (Å²) in [5, 5.41) is 6.57. The molecule has 0 aliphatic heterocycles. The summed E-state index contributed by atoms with van der Waals surface area (Å²) in [6.45, 7) is 2.51. The van der Waals surface area contributed by atoms with Crippen LogP contribution in [0.2, 0.25) is 0 Å². The van der Waals surface area contributed by atoms with Crippen molar-refractivity contribution in [2.75, 3.05) is 11.9 Å². The van der Waals surface area contributed by atoms with Gasteiger partial charge in [-0.15, -0.1) is 0 Å². The Hall–Kier alpha value is -3.08. The molecule has 0 saturated heterocycles. The Balaban J connectivity index is 1.50. The van der Waals surface area contributed by atoms with Crippen molar-refractivity contribution < 1.29 is 14.1 Å². The van der Waals surface area contributed by atoms with E-state index in [0.29, 0.717) is 25.3 Å². The van der Waals surface area contributed by atoms with Gasteiger partial charge in [-0.2, -0.15) is 0 Å². The molecule has 1 heterocycles. The average molecular weight is 336 g/mol. The number of ether oxygens (including phenoxy) is 1. The van der Waals surface area contributed by atoms with E-state index in [0.717, 1.165) is 16.9 Å². The van der Waals surface area contributed by atoms with Gasteiger partial charge >= 0.3 is 0 Å². The quantitative estimate of drug-likeness (QED) is 0.648. The molecule has 0 bridgehead atoms. The second-order valence-electron chi connectivity index (χ2n) is 5.75. The number of hydrogen-bond donors (Lipinski definition) is 1. The second kappa shape index (κ2) is 8.15. The molecule has 0 unspecified atom stereocenters. The predicted molar refractivity (Wildman–Crippen MR) is 96.5 cm³/mol. The van der Waals surface area contributed by atoms with Crippen molar-refractivity contribution in [1.29, 1.82) is 0 Å². The number of para-hydroxylation sites is 1. The summed E-state index contributed by atoms with van der Waals surface area (Å²) in [4.78, 5) is 12.1. The maximum Gasteiger partial charge on any atom is 0.239 e. The van der Waals surface area contributed by atoms with Gasteiger partial charge < -0.3 is 9.26 Å². The van der Waals surface area contributed by atoms with Crippen LogP contribution in [0.25, 0.3) is 11.1 Å². The predicted octanol–water partition coefficient (Wildman–Crippen LogP) is 4.45. The molecule has 0 atom stereocenters. The minimum atomic E-state index is -0.123. The highest BCUT2D eigenvalue weighted by Gasteiger charge is 2.13. The number of carbonyl (C=O) groups excluding carboxylic acids is 1. The SMILES string of the molecule is Cc1ccc(-c2cnoc2NC(=O)CCCOc2ccccc2)cc1. The lowest BCUT2D eigenvalue weighted by molar-refractivity contribution is -0.116. The van der Waals surface area contributed by atoms with Crippen LogP contribution in [0.1, 0.15) is 18.4 Å². The van der Waals surface area contributed by atoms with E-state index >= 15 is 0 Å². The summed E-state index contributed by atoms with van der Waals surface area (Å²) in [5.41, 5.74) is 2.90. The van der Waals surface area contributed by atoms with E-state index in [1.807, 2.05) is 61.5 Å². The lowest BCUT2D eigenvalue weighted by Crippen LogP contribution is -2.12. The summed E-state index contributed by atoms with van der Waals surface area (Å²) in [6, 6.07) is 17.5. The number of anilines is 1. The summed E-state index contributed by atoms with van der Waals surface area (Å²) >= 11 is 0. The molecule has 3 aromatic rings. The fourth-order valence-corrected chi connectivity index (χ4v) is 2.40. The number of amides is 1. The molecule has 1 aromatic heterocycles. The number of nitrogens with one attached hydrogen (secondary N) is 1. The number of hydrogen-bond acceptors (Lipinski definition) is 4. The molecule has 3 rings (SSSR count). The number of rotatable bonds is 7. The Bertz CT molecular complexity index is 810. The van der Waals surface area contributed by atoms with Crippen LogP contribution >= 0.6 is 0 Å². The number of benzene rings is 2. The Kier molecular flexibility index (Phi) is 5.46. The van der Waals surface area contributed by atoms with Crippen LogP contribution in [-0.2, 0) is 4.79 Å². The Morgan fingerprint density at radius 1 is 1.12 bits per heavy atom. The second-order valence-corrected chi connectivity index (χ2v) is 5.75. The first-order valence-corrected chi connectivity index (χ1v) is 8.22. The van der Waals surface area contributed by atoms with E-state index in [4.69, 9.17) is 9.26 Å². The standard InChI is InChI=1S/C20H20N2O3/c1-15-9-11-16(12-10-15)18-14-21-25-20(18)22-19(23)8-5-13-24-17-6-3-2-4-7-17/h2-4,6-7,9-12,14H,5,8,13H2,1H3,(H,22,23). The summed E-state index contributed by atoms with van der Waals surface area (Å²) in [5.74, 6) is 1.06. The van der Waals surface area contributed by atoms with Crippen molar-refractivity contribution in [3.05, 3.63) is 66.4 Å². The molecule has 2 aromatic carbocycles. The molecule has 128 valence electrons. The van der Waals surface area contributed by atoms with Crippen molar-refractivity contribution in [3.8, 4) is 16.9 Å². The number of carbonyl (C=O) groups is 1. The third-order valence-corrected chi connectivity index (χ3v) is 3.75. The number of nitrogens with zero attached hydrogens (tertiary/aromatic N) is 1. The molecule has 1 N–H and O–H groups in total. The topological polar surface area (TPSA) is 64.4 Å². The van der Waals surface area contributed by atoms with Gasteiger partial charge in [-0.25, -0.2) is 0 Å². The van der Waals surface area contributed by atoms with Crippen LogP contribution in [0, 0.1) is 6.92 Å². The summed E-state index contributed by atoms with van der Waals surface area (Å²) in [7, 11) is 0. The molecule has 0 aliphatic carbocycles. The maximum absolute atomic E-state index is 12.1. The zero-order valence-corrected chi connectivity index (χ0v) is 14.1. The molecular weight excluding hydrogens is 316 g/mol. The maximum atomic E-state index is 12.1. The zero-order chi connectivity index (χ0) is 17.5. The van der Waals surface area contributed by atoms with E-state index in [1.165, 1.54) is 5.56 Å². The Morgan fingerprint density at radius 3 is 2.64 bits per heavy atom. The highest BCUT2D eigenvalue weighted by molar-refractivity contribution is 5.93. The average Bonchev–Trinajstić information content (AvgIpc) is 3.08. The third-order valence-electron chi connectivity index (χ3n) is 3.75. The van der Waals surface area contributed by atoms with Crippen molar-refractivity contribution in [2.45, 2.75) is 19.8 Å². The molecule has 0 fully saturated rings. The molecule has 0 spiro atoms. The van der Waals surface area contributed by atoms with Crippen molar-refractivity contribution >= 4 is 11.8 Å². The Labute approximate surface area is 146 Å². The minimum absolute atomic E-state index is 0.123. The molecule has 0 aliphatic rings. The molecule has 5 nitrogen and oxygen atoms in total. The molecule has 1 amide bonds. The van der Waals surface area contributed by atoms with Gasteiger partial charge in [0, 0.05) is 6.42 Å². The zero-order valence-electron chi connectivity index (χ0n) is 14.1. The normalized spacial score (nSPS) is 10.4. The monoisotopic (exact) mass is 336 g/mol. The fraction of sp³-hybridized carbons (Fsp3) is 0.200. The Morgan fingerprint density at radius 2 is 1.88 bits per heavy atom. The number of aromatic nitrogens is 1. The molecule has 0 saturated carbocycles. The van der Waals surface area contributed by atoms with Crippen LogP contribution in [0.4, 0.5) is 5.88 Å². The van der Waals surface area contributed by atoms with Crippen LogP contribution in [0.3, 0.4) is 0 Å². The van der Waals surface area contributed by atoms with Gasteiger partial charge in [0.2, 0.25) is 11.8 Å². The smallest absolute Gasteiger partial charge is 0.239 e. The van der Waals surface area contributed by atoms with Gasteiger partial charge in [-0.3, -0.25) is 10.1 Å². The van der Waals surface area contributed by atoms with Crippen LogP contribution < -0.4 is 10.1 Å². The highest BCUT2D eigenvalue weighted by atomic mass is 16.5. The van der Waals surface area contributed by atoms with Gasteiger partial charge in [0.1, 0.15) is 5.75 Å². The van der Waals surface area contributed by atoms with Crippen LogP contribution in [0.5, 0.6) is 5.75 Å². The fourth-order valence-electron chi connectivity index (χ4n) is 2.40. The first-order chi connectivity index (χ1) is 12.2. The molecular formula is C20H20N2O3. The van der Waals surface area contributed by atoms with E-state index < -0.39 is 0 Å². The molecule has 25 heavy (non-hydrogen) atoms. The lowest BCUT2D eigenvalue weighted by Gasteiger charge is -2.06. The van der Waals surface area contributed by atoms with E-state index in [9.17, 15) is 4.79 Å². The van der Waals surface area contributed by atoms with Gasteiger partial charge in [-0.1, -0.05) is 53.2 Å². The lowest BCUT2D eigenvalue weighted by atomic mass is 10.1. The first kappa shape index (κ1) is 16.8. The number of aryl methyl sites for hydroxylation is 1. The minimum Gasteiger partial charge on any atom is -0.494 e. The van der Waals surface area contributed by atoms with Gasteiger partial charge in [-0.05, 0) is 31.0 Å². The van der Waals surface area contributed by atoms with Crippen LogP contribution in [0.15, 0.2) is 65.3 Å². The van der Waals surface area contributed by atoms with Gasteiger partial charge in [0.05, 0.1) is 18.4 Å². The largest absolute Gasteiger partial charge is 0.494 e. The first-order valence-electron chi connectivity index (χ1n) is 8.22. The van der Waals surface area contributed by atoms with E-state index in [1.54, 1.807) is 6.20 Å². The van der Waals surface area contributed by atoms with E-state index in [2.05, 4.69) is 10.5 Å². The third kappa shape index (κ3) is 4.70. The van der Waals surface area contributed by atoms with Crippen molar-refractivity contribution in [3.63, 3.8) is 0 Å². The molecule has 5 heteroatoms. The summed E-state index contributed by atoms with van der Waals surface area (Å²) in [6.07, 6.45) is 2.58. The van der Waals surface area contributed by atoms with Gasteiger partial charge in [0.25, 0.3) is 0 Å². The van der Waals surface area contributed by atoms with Crippen molar-refractivity contribution in [2.24, 2.45) is 0 Å². The summed E-state index contributed by atoms with van der Waals surface area (Å²) < 4.78 is 10.8. The highest BCUT2D eigenvalue weighted by Crippen LogP contribution is 2.28.